The van der Waals surface area contributed by atoms with Crippen LogP contribution in [0.1, 0.15) is 21.5 Å². The molecule has 21 heavy (non-hydrogen) atoms. The van der Waals surface area contributed by atoms with Gasteiger partial charge in [-0.15, -0.1) is 0 Å². The molecule has 4 nitrogen and oxygen atoms in total. The molecule has 2 rings (SSSR count). The van der Waals surface area contributed by atoms with Gasteiger partial charge in [-0.3, -0.25) is 9.36 Å². The monoisotopic (exact) mass is 302 g/mol. The van der Waals surface area contributed by atoms with E-state index in [9.17, 15) is 9.36 Å². The van der Waals surface area contributed by atoms with Gasteiger partial charge in [-0.05, 0) is 17.2 Å². The van der Waals surface area contributed by atoms with Crippen molar-refractivity contribution in [2.24, 2.45) is 0 Å². The van der Waals surface area contributed by atoms with Crippen LogP contribution >= 0.6 is 7.60 Å². The second-order valence-electron chi connectivity index (χ2n) is 4.61. The Balaban J connectivity index is 2.07. The summed E-state index contributed by atoms with van der Waals surface area (Å²) in [6.07, 6.45) is 1.67. The molecular formula is C16H15O4P. The van der Waals surface area contributed by atoms with Gasteiger partial charge in [-0.2, -0.15) is 0 Å². The molecule has 108 valence electrons. The molecule has 0 aromatic heterocycles. The van der Waals surface area contributed by atoms with Crippen LogP contribution in [-0.2, 0) is 11.0 Å². The molecule has 0 bridgehead atoms. The van der Waals surface area contributed by atoms with Crippen LogP contribution in [0.25, 0.3) is 6.08 Å². The number of rotatable bonds is 5. The molecule has 2 aromatic rings. The third-order valence-corrected chi connectivity index (χ3v) is 3.44. The minimum atomic E-state index is -4.16. The lowest BCUT2D eigenvalue weighted by atomic mass is 10.0. The van der Waals surface area contributed by atoms with Crippen LogP contribution in [0.2, 0.25) is 0 Å². The van der Waals surface area contributed by atoms with E-state index in [-0.39, 0.29) is 5.78 Å². The first kappa shape index (κ1) is 15.4. The summed E-state index contributed by atoms with van der Waals surface area (Å²) in [6, 6.07) is 16.1. The van der Waals surface area contributed by atoms with Gasteiger partial charge < -0.3 is 9.79 Å². The van der Waals surface area contributed by atoms with E-state index in [0.29, 0.717) is 17.5 Å². The van der Waals surface area contributed by atoms with E-state index < -0.39 is 7.60 Å². The molecule has 0 heterocycles. The van der Waals surface area contributed by atoms with Crippen molar-refractivity contribution in [3.63, 3.8) is 0 Å². The first-order chi connectivity index (χ1) is 9.94. The third kappa shape index (κ3) is 5.12. The zero-order chi connectivity index (χ0) is 15.3. The number of carbonyl (C=O) groups excluding carboxylic acids is 1. The number of hydrogen-bond donors (Lipinski definition) is 2. The molecule has 0 fully saturated rings. The van der Waals surface area contributed by atoms with Crippen LogP contribution in [0.3, 0.4) is 0 Å². The predicted octanol–water partition coefficient (Wildman–Crippen LogP) is 3.26. The lowest BCUT2D eigenvalue weighted by molar-refractivity contribution is 0.0993. The first-order valence-electron chi connectivity index (χ1n) is 6.36. The zero-order valence-electron chi connectivity index (χ0n) is 11.2. The van der Waals surface area contributed by atoms with Gasteiger partial charge in [0.25, 0.3) is 0 Å². The van der Waals surface area contributed by atoms with Gasteiger partial charge in [0.1, 0.15) is 0 Å². The maximum Gasteiger partial charge on any atom is 0.349 e. The molecule has 5 heteroatoms. The van der Waals surface area contributed by atoms with Crippen LogP contribution in [0.5, 0.6) is 0 Å². The fourth-order valence-electron chi connectivity index (χ4n) is 1.85. The number of benzene rings is 2. The minimum Gasteiger partial charge on any atom is -0.321 e. The van der Waals surface area contributed by atoms with Gasteiger partial charge in [0.15, 0.2) is 5.78 Å². The Labute approximate surface area is 122 Å². The fraction of sp³-hybridized carbons (Fsp3) is 0.0625. The van der Waals surface area contributed by atoms with Crippen molar-refractivity contribution < 1.29 is 19.1 Å². The highest BCUT2D eigenvalue weighted by Gasteiger charge is 2.07. The first-order valence-corrected chi connectivity index (χ1v) is 8.04. The van der Waals surface area contributed by atoms with E-state index in [0.717, 1.165) is 11.4 Å². The second-order valence-corrected chi connectivity index (χ2v) is 6.09. The van der Waals surface area contributed by atoms with Crippen LogP contribution in [-0.4, -0.2) is 15.6 Å². The van der Waals surface area contributed by atoms with E-state index in [4.69, 9.17) is 9.79 Å². The molecule has 2 N–H and O–H groups in total. The van der Waals surface area contributed by atoms with E-state index in [1.807, 2.05) is 30.3 Å². The van der Waals surface area contributed by atoms with Crippen LogP contribution in [0.15, 0.2) is 60.4 Å². The lowest BCUT2D eigenvalue weighted by Gasteiger charge is -2.02. The van der Waals surface area contributed by atoms with Crippen LogP contribution < -0.4 is 0 Å². The van der Waals surface area contributed by atoms with Gasteiger partial charge in [0.05, 0.1) is 0 Å². The molecule has 0 radical (unpaired) electrons. The van der Waals surface area contributed by atoms with Gasteiger partial charge in [0.2, 0.25) is 0 Å². The average molecular weight is 302 g/mol. The maximum absolute atomic E-state index is 12.1. The Morgan fingerprint density at radius 1 is 1.00 bits per heavy atom. The van der Waals surface area contributed by atoms with Gasteiger partial charge in [-0.25, -0.2) is 0 Å². The number of Topliss-reactive ketones (excluding diaryl/α,β-unsaturated/α-hetero) is 1. The summed E-state index contributed by atoms with van der Waals surface area (Å²) in [7, 11) is -4.16. The topological polar surface area (TPSA) is 74.6 Å². The lowest BCUT2D eigenvalue weighted by Crippen LogP contribution is -2.03. The van der Waals surface area contributed by atoms with Crippen LogP contribution in [0, 0.1) is 0 Å². The number of carbonyl (C=O) groups is 1. The van der Waals surface area contributed by atoms with Crippen molar-refractivity contribution in [1.29, 1.82) is 0 Å². The summed E-state index contributed by atoms with van der Waals surface area (Å²) < 4.78 is 10.7. The summed E-state index contributed by atoms with van der Waals surface area (Å²) >= 11 is 0. The van der Waals surface area contributed by atoms with E-state index in [1.54, 1.807) is 24.3 Å². The molecule has 0 spiro atoms. The Morgan fingerprint density at radius 2 is 1.62 bits per heavy atom. The average Bonchev–Trinajstić information content (AvgIpc) is 2.46. The molecule has 0 unspecified atom stereocenters. The number of hydrogen-bond acceptors (Lipinski definition) is 2. The van der Waals surface area contributed by atoms with Crippen molar-refractivity contribution in [2.75, 3.05) is 0 Å². The SMILES string of the molecule is O=C(Cc1ccccc1)c1ccc(C=CP(=O)(O)O)cc1. The minimum absolute atomic E-state index is 0.00622. The molecule has 2 aromatic carbocycles. The van der Waals surface area contributed by atoms with Crippen molar-refractivity contribution in [3.8, 4) is 0 Å². The van der Waals surface area contributed by atoms with Crippen molar-refractivity contribution in [3.05, 3.63) is 77.1 Å². The zero-order valence-corrected chi connectivity index (χ0v) is 12.1. The van der Waals surface area contributed by atoms with Crippen molar-refractivity contribution >= 4 is 19.5 Å². The molecule has 0 amide bonds. The molecule has 0 saturated heterocycles. The summed E-state index contributed by atoms with van der Waals surface area (Å²) in [6.45, 7) is 0. The normalized spacial score (nSPS) is 11.7. The Bertz CT molecular complexity index is 684. The summed E-state index contributed by atoms with van der Waals surface area (Å²) in [5.74, 6) is 0.847. The Hall–Kier alpha value is -2.00. The maximum atomic E-state index is 12.1. The van der Waals surface area contributed by atoms with Gasteiger partial charge in [0, 0.05) is 17.8 Å². The van der Waals surface area contributed by atoms with Crippen molar-refractivity contribution in [2.45, 2.75) is 6.42 Å². The van der Waals surface area contributed by atoms with Gasteiger partial charge in [-0.1, -0.05) is 54.6 Å². The molecule has 0 atom stereocenters. The summed E-state index contributed by atoms with van der Waals surface area (Å²) in [5, 5.41) is 0. The molecule has 0 aliphatic carbocycles. The fourth-order valence-corrected chi connectivity index (χ4v) is 2.21. The molecule has 0 aliphatic rings. The molecule has 0 aliphatic heterocycles. The predicted molar refractivity (Wildman–Crippen MR) is 82.0 cm³/mol. The van der Waals surface area contributed by atoms with E-state index in [1.165, 1.54) is 6.08 Å². The second kappa shape index (κ2) is 6.64. The largest absolute Gasteiger partial charge is 0.349 e. The molecular weight excluding hydrogens is 287 g/mol. The third-order valence-electron chi connectivity index (χ3n) is 2.90. The van der Waals surface area contributed by atoms with E-state index in [2.05, 4.69) is 0 Å². The van der Waals surface area contributed by atoms with E-state index >= 15 is 0 Å². The standard InChI is InChI=1S/C16H15O4P/c17-16(12-14-4-2-1-3-5-14)15-8-6-13(7-9-15)10-11-21(18,19)20/h1-11H,12H2,(H2,18,19,20). The summed E-state index contributed by atoms with van der Waals surface area (Å²) in [5.41, 5.74) is 2.16. The van der Waals surface area contributed by atoms with Crippen LogP contribution in [0.4, 0.5) is 0 Å². The Morgan fingerprint density at radius 3 is 2.19 bits per heavy atom. The highest BCUT2D eigenvalue weighted by molar-refractivity contribution is 7.55. The highest BCUT2D eigenvalue weighted by Crippen LogP contribution is 2.36. The van der Waals surface area contributed by atoms with Crippen molar-refractivity contribution in [1.82, 2.24) is 0 Å². The van der Waals surface area contributed by atoms with Gasteiger partial charge >= 0.3 is 7.60 Å². The molecule has 0 saturated carbocycles. The summed E-state index contributed by atoms with van der Waals surface area (Å²) in [4.78, 5) is 29.6. The smallest absolute Gasteiger partial charge is 0.321 e. The number of ketones is 1. The highest BCUT2D eigenvalue weighted by atomic mass is 31.2. The quantitative estimate of drug-likeness (QED) is 0.656. The Kier molecular flexibility index (Phi) is 4.86.